The summed E-state index contributed by atoms with van der Waals surface area (Å²) in [5.74, 6) is 1.01. The zero-order valence-corrected chi connectivity index (χ0v) is 11.6. The van der Waals surface area contributed by atoms with Crippen LogP contribution in [-0.2, 0) is 0 Å². The van der Waals surface area contributed by atoms with Gasteiger partial charge in [-0.15, -0.1) is 0 Å². The van der Waals surface area contributed by atoms with Crippen molar-refractivity contribution < 1.29 is 4.42 Å². The van der Waals surface area contributed by atoms with Crippen molar-refractivity contribution in [3.05, 3.63) is 77.1 Å². The van der Waals surface area contributed by atoms with Gasteiger partial charge in [-0.05, 0) is 29.0 Å². The molecule has 1 N–H and O–H groups in total. The Hall–Kier alpha value is -3.14. The standard InChI is InChI=1S/C18H12N2O2/c21-14-11-17(20-16-7-3-4-10-19-16)22-15-9-8-12-5-1-2-6-13(12)18(14)15/h1-11H,(H,19,20). The molecule has 0 saturated heterocycles. The number of benzene rings is 2. The second-order valence-corrected chi connectivity index (χ2v) is 4.97. The first-order valence-electron chi connectivity index (χ1n) is 6.95. The van der Waals surface area contributed by atoms with Gasteiger partial charge in [-0.3, -0.25) is 4.79 Å². The third-order valence-electron chi connectivity index (χ3n) is 3.54. The third kappa shape index (κ3) is 2.11. The van der Waals surface area contributed by atoms with E-state index in [0.717, 1.165) is 10.8 Å². The monoisotopic (exact) mass is 288 g/mol. The van der Waals surface area contributed by atoms with Crippen LogP contribution in [0.5, 0.6) is 0 Å². The van der Waals surface area contributed by atoms with Crippen molar-refractivity contribution >= 4 is 33.4 Å². The number of pyridine rings is 1. The van der Waals surface area contributed by atoms with E-state index < -0.39 is 0 Å². The molecule has 4 rings (SSSR count). The van der Waals surface area contributed by atoms with Gasteiger partial charge in [-0.2, -0.15) is 0 Å². The van der Waals surface area contributed by atoms with E-state index in [9.17, 15) is 4.79 Å². The summed E-state index contributed by atoms with van der Waals surface area (Å²) in [6.07, 6.45) is 1.68. The normalized spacial score (nSPS) is 10.9. The molecular formula is C18H12N2O2. The molecule has 4 heteroatoms. The van der Waals surface area contributed by atoms with Gasteiger partial charge < -0.3 is 9.73 Å². The van der Waals surface area contributed by atoms with Gasteiger partial charge in [0, 0.05) is 12.3 Å². The highest BCUT2D eigenvalue weighted by Gasteiger charge is 2.08. The van der Waals surface area contributed by atoms with Crippen LogP contribution in [-0.4, -0.2) is 4.98 Å². The van der Waals surface area contributed by atoms with Gasteiger partial charge in [-0.1, -0.05) is 36.4 Å². The molecule has 0 atom stereocenters. The first-order chi connectivity index (χ1) is 10.8. The number of rotatable bonds is 2. The predicted molar refractivity (Wildman–Crippen MR) is 87.5 cm³/mol. The zero-order valence-electron chi connectivity index (χ0n) is 11.6. The van der Waals surface area contributed by atoms with Crippen molar-refractivity contribution in [2.24, 2.45) is 0 Å². The number of fused-ring (bicyclic) bond motifs is 3. The smallest absolute Gasteiger partial charge is 0.202 e. The van der Waals surface area contributed by atoms with Crippen molar-refractivity contribution in [3.8, 4) is 0 Å². The van der Waals surface area contributed by atoms with Crippen LogP contribution in [0.15, 0.2) is 76.1 Å². The summed E-state index contributed by atoms with van der Waals surface area (Å²) in [6.45, 7) is 0. The second-order valence-electron chi connectivity index (χ2n) is 4.97. The molecule has 0 unspecified atom stereocenters. The number of aromatic nitrogens is 1. The summed E-state index contributed by atoms with van der Waals surface area (Å²) in [6, 6.07) is 18.5. The molecule has 0 bridgehead atoms. The number of nitrogens with one attached hydrogen (secondary N) is 1. The lowest BCUT2D eigenvalue weighted by molar-refractivity contribution is 0.622. The lowest BCUT2D eigenvalue weighted by Crippen LogP contribution is -2.03. The molecule has 4 nitrogen and oxygen atoms in total. The maximum absolute atomic E-state index is 12.5. The van der Waals surface area contributed by atoms with E-state index in [1.807, 2.05) is 54.6 Å². The van der Waals surface area contributed by atoms with Gasteiger partial charge in [0.2, 0.25) is 5.88 Å². The van der Waals surface area contributed by atoms with Crippen molar-refractivity contribution in [2.45, 2.75) is 0 Å². The van der Waals surface area contributed by atoms with E-state index in [1.54, 1.807) is 6.20 Å². The molecule has 0 fully saturated rings. The largest absolute Gasteiger partial charge is 0.440 e. The summed E-state index contributed by atoms with van der Waals surface area (Å²) < 4.78 is 5.80. The van der Waals surface area contributed by atoms with Crippen molar-refractivity contribution in [2.75, 3.05) is 5.32 Å². The molecule has 0 spiro atoms. The zero-order chi connectivity index (χ0) is 14.9. The van der Waals surface area contributed by atoms with Crippen LogP contribution in [0.2, 0.25) is 0 Å². The summed E-state index contributed by atoms with van der Waals surface area (Å²) in [5.41, 5.74) is 0.487. The highest BCUT2D eigenvalue weighted by atomic mass is 16.3. The average molecular weight is 288 g/mol. The molecule has 22 heavy (non-hydrogen) atoms. The van der Waals surface area contributed by atoms with Gasteiger partial charge >= 0.3 is 0 Å². The molecule has 0 aliphatic heterocycles. The minimum atomic E-state index is -0.0727. The van der Waals surface area contributed by atoms with Crippen LogP contribution in [0.25, 0.3) is 21.7 Å². The number of nitrogens with zero attached hydrogens (tertiary/aromatic N) is 1. The summed E-state index contributed by atoms with van der Waals surface area (Å²) in [7, 11) is 0. The van der Waals surface area contributed by atoms with Crippen molar-refractivity contribution in [3.63, 3.8) is 0 Å². The molecule has 0 saturated carbocycles. The van der Waals surface area contributed by atoms with E-state index in [0.29, 0.717) is 22.7 Å². The van der Waals surface area contributed by atoms with E-state index in [2.05, 4.69) is 10.3 Å². The average Bonchev–Trinajstić information content (AvgIpc) is 2.55. The fourth-order valence-corrected chi connectivity index (χ4v) is 2.55. The fourth-order valence-electron chi connectivity index (χ4n) is 2.55. The molecule has 0 amide bonds. The SMILES string of the molecule is O=c1cc(Nc2ccccn2)oc2ccc3ccccc3c12. The van der Waals surface area contributed by atoms with E-state index >= 15 is 0 Å². The second kappa shape index (κ2) is 5.00. The van der Waals surface area contributed by atoms with Crippen LogP contribution in [0, 0.1) is 0 Å². The lowest BCUT2D eigenvalue weighted by Gasteiger charge is -2.07. The quantitative estimate of drug-likeness (QED) is 0.564. The Balaban J connectivity index is 1.90. The van der Waals surface area contributed by atoms with E-state index in [-0.39, 0.29) is 5.43 Å². The molecule has 2 heterocycles. The molecule has 2 aromatic heterocycles. The van der Waals surface area contributed by atoms with Crippen molar-refractivity contribution in [1.29, 1.82) is 0 Å². The summed E-state index contributed by atoms with van der Waals surface area (Å²) in [4.78, 5) is 16.6. The maximum Gasteiger partial charge on any atom is 0.202 e. The predicted octanol–water partition coefficient (Wildman–Crippen LogP) is 4.08. The molecular weight excluding hydrogens is 276 g/mol. The lowest BCUT2D eigenvalue weighted by atomic mass is 10.1. The molecule has 0 aliphatic carbocycles. The van der Waals surface area contributed by atoms with Crippen molar-refractivity contribution in [1.82, 2.24) is 4.98 Å². The fraction of sp³-hybridized carbons (Fsp3) is 0. The molecule has 0 aliphatic rings. The number of hydrogen-bond acceptors (Lipinski definition) is 4. The van der Waals surface area contributed by atoms with Gasteiger partial charge in [0.25, 0.3) is 0 Å². The minimum Gasteiger partial charge on any atom is -0.440 e. The molecule has 106 valence electrons. The highest BCUT2D eigenvalue weighted by Crippen LogP contribution is 2.25. The third-order valence-corrected chi connectivity index (χ3v) is 3.54. The van der Waals surface area contributed by atoms with Crippen LogP contribution < -0.4 is 10.7 Å². The Morgan fingerprint density at radius 2 is 1.82 bits per heavy atom. The number of anilines is 2. The Kier molecular flexibility index (Phi) is 2.86. The number of hydrogen-bond donors (Lipinski definition) is 1. The van der Waals surface area contributed by atoms with Gasteiger partial charge in [-0.25, -0.2) is 4.98 Å². The van der Waals surface area contributed by atoms with Crippen LogP contribution in [0.1, 0.15) is 0 Å². The Labute approximate surface area is 126 Å². The highest BCUT2D eigenvalue weighted by molar-refractivity contribution is 6.05. The Morgan fingerprint density at radius 3 is 2.68 bits per heavy atom. The first-order valence-corrected chi connectivity index (χ1v) is 6.95. The van der Waals surface area contributed by atoms with Crippen LogP contribution in [0.4, 0.5) is 11.7 Å². The minimum absolute atomic E-state index is 0.0727. The first kappa shape index (κ1) is 12.6. The maximum atomic E-state index is 12.5. The molecule has 2 aromatic carbocycles. The van der Waals surface area contributed by atoms with Crippen LogP contribution >= 0.6 is 0 Å². The molecule has 4 aromatic rings. The topological polar surface area (TPSA) is 55.1 Å². The van der Waals surface area contributed by atoms with E-state index in [1.165, 1.54) is 6.07 Å². The summed E-state index contributed by atoms with van der Waals surface area (Å²) in [5, 5.41) is 5.53. The van der Waals surface area contributed by atoms with Gasteiger partial charge in [0.1, 0.15) is 11.4 Å². The Morgan fingerprint density at radius 1 is 0.955 bits per heavy atom. The van der Waals surface area contributed by atoms with Gasteiger partial charge in [0.15, 0.2) is 5.43 Å². The van der Waals surface area contributed by atoms with Crippen LogP contribution in [0.3, 0.4) is 0 Å². The van der Waals surface area contributed by atoms with E-state index in [4.69, 9.17) is 4.42 Å². The van der Waals surface area contributed by atoms with Gasteiger partial charge in [0.05, 0.1) is 5.39 Å². The Bertz CT molecular complexity index is 1020. The summed E-state index contributed by atoms with van der Waals surface area (Å²) >= 11 is 0. The molecule has 0 radical (unpaired) electrons.